The molecule has 9 heteroatoms. The summed E-state index contributed by atoms with van der Waals surface area (Å²) in [6.45, 7) is 1.90. The summed E-state index contributed by atoms with van der Waals surface area (Å²) >= 11 is 0. The predicted octanol–water partition coefficient (Wildman–Crippen LogP) is 2.58. The van der Waals surface area contributed by atoms with Crippen LogP contribution in [0.1, 0.15) is 19.8 Å². The minimum atomic E-state index is -3.94. The Morgan fingerprint density at radius 1 is 1.14 bits per heavy atom. The first kappa shape index (κ1) is 19.7. The number of hydrogen-bond acceptors (Lipinski definition) is 5. The van der Waals surface area contributed by atoms with E-state index in [1.165, 1.54) is 32.2 Å². The number of ether oxygens (including phenoxy) is 1. The van der Waals surface area contributed by atoms with Crippen LogP contribution in [-0.4, -0.2) is 33.9 Å². The van der Waals surface area contributed by atoms with Crippen LogP contribution in [0.3, 0.4) is 0 Å². The molecule has 2 amide bonds. The van der Waals surface area contributed by atoms with E-state index < -0.39 is 10.0 Å². The molecule has 1 aliphatic heterocycles. The number of nitrogens with zero attached hydrogens (tertiary/aromatic N) is 1. The molecule has 2 aromatic carbocycles. The second-order valence-electron chi connectivity index (χ2n) is 6.31. The number of hydrogen-bond donors (Lipinski definition) is 2. The highest BCUT2D eigenvalue weighted by Gasteiger charge is 2.25. The lowest BCUT2D eigenvalue weighted by Gasteiger charge is -2.20. The van der Waals surface area contributed by atoms with Crippen LogP contribution >= 0.6 is 0 Å². The average Bonchev–Trinajstić information content (AvgIpc) is 3.07. The van der Waals surface area contributed by atoms with Crippen molar-refractivity contribution < 1.29 is 22.7 Å². The third-order valence-electron chi connectivity index (χ3n) is 4.31. The number of methoxy groups -OCH3 is 1. The molecule has 28 heavy (non-hydrogen) atoms. The van der Waals surface area contributed by atoms with E-state index in [0.717, 1.165) is 6.42 Å². The zero-order valence-corrected chi connectivity index (χ0v) is 16.4. The SMILES string of the molecule is COc1cc(S(=O)(=O)Nc2ccccc2N2CCCC2=O)ccc1NC(C)=O. The molecule has 0 atom stereocenters. The van der Waals surface area contributed by atoms with Gasteiger partial charge in [0.2, 0.25) is 11.8 Å². The molecule has 0 bridgehead atoms. The zero-order valence-electron chi connectivity index (χ0n) is 15.6. The summed E-state index contributed by atoms with van der Waals surface area (Å²) in [5.74, 6) is -0.106. The fraction of sp³-hybridized carbons (Fsp3) is 0.263. The fourth-order valence-electron chi connectivity index (χ4n) is 3.03. The van der Waals surface area contributed by atoms with Crippen LogP contribution in [0.5, 0.6) is 5.75 Å². The number of sulfonamides is 1. The van der Waals surface area contributed by atoms with E-state index in [1.807, 2.05) is 0 Å². The van der Waals surface area contributed by atoms with Crippen molar-refractivity contribution in [2.45, 2.75) is 24.7 Å². The van der Waals surface area contributed by atoms with Gasteiger partial charge in [-0.05, 0) is 30.7 Å². The maximum absolute atomic E-state index is 12.9. The molecule has 1 aliphatic rings. The minimum absolute atomic E-state index is 0.0268. The molecule has 0 aliphatic carbocycles. The Labute approximate surface area is 163 Å². The molecule has 1 saturated heterocycles. The van der Waals surface area contributed by atoms with Crippen LogP contribution in [-0.2, 0) is 19.6 Å². The molecular weight excluding hydrogens is 382 g/mol. The molecule has 0 saturated carbocycles. The van der Waals surface area contributed by atoms with Gasteiger partial charge in [-0.25, -0.2) is 8.42 Å². The topological polar surface area (TPSA) is 105 Å². The first-order valence-electron chi connectivity index (χ1n) is 8.69. The van der Waals surface area contributed by atoms with E-state index in [9.17, 15) is 18.0 Å². The number of amides is 2. The number of rotatable bonds is 6. The van der Waals surface area contributed by atoms with Gasteiger partial charge in [-0.1, -0.05) is 12.1 Å². The number of carbonyl (C=O) groups is 2. The zero-order chi connectivity index (χ0) is 20.3. The number of benzene rings is 2. The van der Waals surface area contributed by atoms with E-state index in [-0.39, 0.29) is 22.5 Å². The number of para-hydroxylation sites is 2. The standard InChI is InChI=1S/C19H21N3O5S/c1-13(23)20-16-10-9-14(12-18(16)27-2)28(25,26)21-15-6-3-4-7-17(15)22-11-5-8-19(22)24/h3-4,6-7,9-10,12,21H,5,8,11H2,1-2H3,(H,20,23). The molecule has 1 fully saturated rings. The lowest BCUT2D eigenvalue weighted by Crippen LogP contribution is -2.25. The van der Waals surface area contributed by atoms with E-state index in [1.54, 1.807) is 29.2 Å². The predicted molar refractivity (Wildman–Crippen MR) is 106 cm³/mol. The quantitative estimate of drug-likeness (QED) is 0.771. The van der Waals surface area contributed by atoms with Crippen LogP contribution in [0.15, 0.2) is 47.4 Å². The van der Waals surface area contributed by atoms with Crippen molar-refractivity contribution in [3.8, 4) is 5.75 Å². The van der Waals surface area contributed by atoms with Crippen molar-refractivity contribution in [2.75, 3.05) is 28.6 Å². The lowest BCUT2D eigenvalue weighted by molar-refractivity contribution is -0.117. The Morgan fingerprint density at radius 2 is 1.89 bits per heavy atom. The minimum Gasteiger partial charge on any atom is -0.495 e. The Bertz CT molecular complexity index is 1020. The summed E-state index contributed by atoms with van der Waals surface area (Å²) in [5, 5.41) is 2.58. The van der Waals surface area contributed by atoms with Crippen molar-refractivity contribution in [2.24, 2.45) is 0 Å². The Kier molecular flexibility index (Phi) is 5.55. The molecule has 8 nitrogen and oxygen atoms in total. The smallest absolute Gasteiger partial charge is 0.262 e. The van der Waals surface area contributed by atoms with Crippen molar-refractivity contribution in [1.82, 2.24) is 0 Å². The monoisotopic (exact) mass is 403 g/mol. The molecule has 2 aromatic rings. The maximum atomic E-state index is 12.9. The molecule has 1 heterocycles. The second-order valence-corrected chi connectivity index (χ2v) is 8.00. The highest BCUT2D eigenvalue weighted by molar-refractivity contribution is 7.92. The van der Waals surface area contributed by atoms with Gasteiger partial charge in [0.05, 0.1) is 29.1 Å². The molecule has 0 radical (unpaired) electrons. The number of anilines is 3. The van der Waals surface area contributed by atoms with Gasteiger partial charge in [-0.15, -0.1) is 0 Å². The van der Waals surface area contributed by atoms with Crippen LogP contribution in [0.25, 0.3) is 0 Å². The molecule has 148 valence electrons. The van der Waals surface area contributed by atoms with Gasteiger partial charge in [0, 0.05) is 26.0 Å². The molecule has 0 unspecified atom stereocenters. The van der Waals surface area contributed by atoms with Crippen LogP contribution in [0, 0.1) is 0 Å². The molecule has 0 spiro atoms. The number of carbonyl (C=O) groups excluding carboxylic acids is 2. The van der Waals surface area contributed by atoms with Gasteiger partial charge in [0.25, 0.3) is 10.0 Å². The molecule has 0 aromatic heterocycles. The Morgan fingerprint density at radius 3 is 2.54 bits per heavy atom. The third kappa shape index (κ3) is 4.09. The highest BCUT2D eigenvalue weighted by Crippen LogP contribution is 2.33. The van der Waals surface area contributed by atoms with Crippen LogP contribution in [0.4, 0.5) is 17.1 Å². The lowest BCUT2D eigenvalue weighted by atomic mass is 10.2. The van der Waals surface area contributed by atoms with Gasteiger partial charge in [-0.2, -0.15) is 0 Å². The third-order valence-corrected chi connectivity index (χ3v) is 5.67. The van der Waals surface area contributed by atoms with Gasteiger partial charge >= 0.3 is 0 Å². The summed E-state index contributed by atoms with van der Waals surface area (Å²) in [4.78, 5) is 24.9. The van der Waals surface area contributed by atoms with E-state index in [4.69, 9.17) is 4.74 Å². The van der Waals surface area contributed by atoms with E-state index in [0.29, 0.717) is 30.0 Å². The molecular formula is C19H21N3O5S. The summed E-state index contributed by atoms with van der Waals surface area (Å²) in [6.07, 6.45) is 1.19. The summed E-state index contributed by atoms with van der Waals surface area (Å²) in [7, 11) is -2.55. The van der Waals surface area contributed by atoms with Gasteiger partial charge in [0.15, 0.2) is 0 Å². The van der Waals surface area contributed by atoms with Gasteiger partial charge < -0.3 is 15.0 Å². The average molecular weight is 403 g/mol. The van der Waals surface area contributed by atoms with Crippen molar-refractivity contribution in [3.05, 3.63) is 42.5 Å². The number of nitrogens with one attached hydrogen (secondary N) is 2. The first-order chi connectivity index (χ1) is 13.3. The van der Waals surface area contributed by atoms with Gasteiger partial charge in [0.1, 0.15) is 5.75 Å². The Hall–Kier alpha value is -3.07. The Balaban J connectivity index is 1.93. The van der Waals surface area contributed by atoms with Gasteiger partial charge in [-0.3, -0.25) is 14.3 Å². The normalized spacial score (nSPS) is 14.1. The highest BCUT2D eigenvalue weighted by atomic mass is 32.2. The van der Waals surface area contributed by atoms with E-state index in [2.05, 4.69) is 10.0 Å². The van der Waals surface area contributed by atoms with E-state index >= 15 is 0 Å². The first-order valence-corrected chi connectivity index (χ1v) is 10.2. The summed E-state index contributed by atoms with van der Waals surface area (Å²) in [6, 6.07) is 10.9. The van der Waals surface area contributed by atoms with Crippen LogP contribution < -0.4 is 19.7 Å². The summed E-state index contributed by atoms with van der Waals surface area (Å²) in [5.41, 5.74) is 1.22. The molecule has 2 N–H and O–H groups in total. The van der Waals surface area contributed by atoms with Crippen molar-refractivity contribution in [3.63, 3.8) is 0 Å². The van der Waals surface area contributed by atoms with Crippen molar-refractivity contribution >= 4 is 38.9 Å². The second kappa shape index (κ2) is 7.89. The summed E-state index contributed by atoms with van der Waals surface area (Å²) < 4.78 is 33.5. The largest absolute Gasteiger partial charge is 0.495 e. The van der Waals surface area contributed by atoms with Crippen molar-refractivity contribution in [1.29, 1.82) is 0 Å². The maximum Gasteiger partial charge on any atom is 0.262 e. The van der Waals surface area contributed by atoms with Crippen LogP contribution in [0.2, 0.25) is 0 Å². The fourth-order valence-corrected chi connectivity index (χ4v) is 4.12. The molecule has 3 rings (SSSR count).